The van der Waals surface area contributed by atoms with Gasteiger partial charge in [0.15, 0.2) is 0 Å². The molecule has 72 valence electrons. The molecule has 0 spiro atoms. The molecule has 0 aromatic heterocycles. The maximum absolute atomic E-state index is 5.82. The molecule has 1 saturated carbocycles. The zero-order valence-electron chi connectivity index (χ0n) is 8.14. The standard InChI is InChI=1S/C9H21N3/c1-3-9(10,11)12-8-6-4-5-7(8)2/h7-8,12H,3-6,10-11H2,1-2H3. The van der Waals surface area contributed by atoms with E-state index < -0.39 is 5.79 Å². The lowest BCUT2D eigenvalue weighted by Gasteiger charge is -2.30. The van der Waals surface area contributed by atoms with Crippen molar-refractivity contribution in [2.45, 2.75) is 51.4 Å². The predicted molar refractivity (Wildman–Crippen MR) is 51.3 cm³/mol. The molecule has 1 aliphatic rings. The van der Waals surface area contributed by atoms with Crippen LogP contribution in [0.2, 0.25) is 0 Å². The van der Waals surface area contributed by atoms with Crippen molar-refractivity contribution in [1.29, 1.82) is 0 Å². The van der Waals surface area contributed by atoms with E-state index in [2.05, 4.69) is 12.2 Å². The molecule has 0 aromatic rings. The highest BCUT2D eigenvalue weighted by molar-refractivity contribution is 4.85. The van der Waals surface area contributed by atoms with Crippen LogP contribution in [0.15, 0.2) is 0 Å². The first-order valence-electron chi connectivity index (χ1n) is 4.90. The molecular formula is C9H21N3. The molecule has 0 amide bonds. The van der Waals surface area contributed by atoms with Crippen molar-refractivity contribution >= 4 is 0 Å². The van der Waals surface area contributed by atoms with E-state index in [0.717, 1.165) is 12.3 Å². The Morgan fingerprint density at radius 2 is 2.08 bits per heavy atom. The summed E-state index contributed by atoms with van der Waals surface area (Å²) in [5.74, 6) is 0.0616. The number of hydrogen-bond acceptors (Lipinski definition) is 3. The Kier molecular flexibility index (Phi) is 3.09. The van der Waals surface area contributed by atoms with E-state index in [9.17, 15) is 0 Å². The van der Waals surface area contributed by atoms with Gasteiger partial charge in [-0.2, -0.15) is 0 Å². The molecule has 0 radical (unpaired) electrons. The average molecular weight is 171 g/mol. The number of nitrogens with one attached hydrogen (secondary N) is 1. The van der Waals surface area contributed by atoms with Gasteiger partial charge in [0.2, 0.25) is 0 Å². The maximum atomic E-state index is 5.82. The predicted octanol–water partition coefficient (Wildman–Crippen LogP) is 0.746. The van der Waals surface area contributed by atoms with Crippen molar-refractivity contribution in [3.8, 4) is 0 Å². The summed E-state index contributed by atoms with van der Waals surface area (Å²) in [6.07, 6.45) is 4.60. The molecule has 0 aliphatic heterocycles. The molecule has 0 bridgehead atoms. The quantitative estimate of drug-likeness (QED) is 0.549. The van der Waals surface area contributed by atoms with Crippen LogP contribution in [0.1, 0.15) is 39.5 Å². The summed E-state index contributed by atoms with van der Waals surface area (Å²) in [4.78, 5) is 0. The molecule has 0 aromatic carbocycles. The van der Waals surface area contributed by atoms with Crippen LogP contribution in [-0.4, -0.2) is 11.8 Å². The maximum Gasteiger partial charge on any atom is 0.118 e. The molecule has 12 heavy (non-hydrogen) atoms. The Bertz CT molecular complexity index is 145. The third-order valence-corrected chi connectivity index (χ3v) is 2.90. The molecule has 1 aliphatic carbocycles. The van der Waals surface area contributed by atoms with Gasteiger partial charge in [-0.1, -0.05) is 20.3 Å². The fourth-order valence-electron chi connectivity index (χ4n) is 1.81. The van der Waals surface area contributed by atoms with E-state index in [0.29, 0.717) is 6.04 Å². The molecule has 0 saturated heterocycles. The van der Waals surface area contributed by atoms with Crippen LogP contribution in [-0.2, 0) is 0 Å². The Hall–Kier alpha value is -0.120. The number of rotatable bonds is 3. The minimum absolute atomic E-state index is 0.528. The highest BCUT2D eigenvalue weighted by atomic mass is 15.2. The third kappa shape index (κ3) is 2.44. The second kappa shape index (κ2) is 3.73. The Morgan fingerprint density at radius 3 is 2.50 bits per heavy atom. The average Bonchev–Trinajstić information content (AvgIpc) is 2.36. The van der Waals surface area contributed by atoms with Crippen LogP contribution in [0, 0.1) is 5.92 Å². The summed E-state index contributed by atoms with van der Waals surface area (Å²) >= 11 is 0. The molecule has 2 unspecified atom stereocenters. The van der Waals surface area contributed by atoms with Crippen molar-refractivity contribution in [1.82, 2.24) is 5.32 Å². The third-order valence-electron chi connectivity index (χ3n) is 2.90. The summed E-state index contributed by atoms with van der Waals surface area (Å²) in [5.41, 5.74) is 11.6. The first-order chi connectivity index (χ1) is 5.55. The van der Waals surface area contributed by atoms with E-state index >= 15 is 0 Å². The molecule has 1 rings (SSSR count). The van der Waals surface area contributed by atoms with Crippen molar-refractivity contribution in [2.24, 2.45) is 17.4 Å². The fourth-order valence-corrected chi connectivity index (χ4v) is 1.81. The monoisotopic (exact) mass is 171 g/mol. The molecule has 3 heteroatoms. The minimum Gasteiger partial charge on any atom is -0.301 e. The Balaban J connectivity index is 2.39. The lowest BCUT2D eigenvalue weighted by Crippen LogP contribution is -2.64. The van der Waals surface area contributed by atoms with Gasteiger partial charge >= 0.3 is 0 Å². The molecule has 2 atom stereocenters. The van der Waals surface area contributed by atoms with Gasteiger partial charge in [0.1, 0.15) is 5.79 Å². The van der Waals surface area contributed by atoms with Crippen LogP contribution < -0.4 is 16.8 Å². The topological polar surface area (TPSA) is 64.1 Å². The van der Waals surface area contributed by atoms with Gasteiger partial charge in [0.25, 0.3) is 0 Å². The first kappa shape index (κ1) is 9.96. The summed E-state index contributed by atoms with van der Waals surface area (Å²) in [6.45, 7) is 4.27. The van der Waals surface area contributed by atoms with Crippen molar-refractivity contribution in [2.75, 3.05) is 0 Å². The van der Waals surface area contributed by atoms with Crippen LogP contribution in [0.4, 0.5) is 0 Å². The Labute approximate surface area is 74.9 Å². The van der Waals surface area contributed by atoms with Crippen molar-refractivity contribution in [3.63, 3.8) is 0 Å². The summed E-state index contributed by atoms with van der Waals surface area (Å²) < 4.78 is 0. The van der Waals surface area contributed by atoms with Crippen LogP contribution in [0.5, 0.6) is 0 Å². The van der Waals surface area contributed by atoms with Crippen molar-refractivity contribution < 1.29 is 0 Å². The normalized spacial score (nSPS) is 31.0. The van der Waals surface area contributed by atoms with E-state index in [1.165, 1.54) is 19.3 Å². The summed E-state index contributed by atoms with van der Waals surface area (Å²) in [7, 11) is 0. The molecule has 5 N–H and O–H groups in total. The first-order valence-corrected chi connectivity index (χ1v) is 4.90. The molecule has 3 nitrogen and oxygen atoms in total. The zero-order chi connectivity index (χ0) is 9.19. The van der Waals surface area contributed by atoms with E-state index in [1.807, 2.05) is 6.92 Å². The van der Waals surface area contributed by atoms with Crippen LogP contribution in [0.3, 0.4) is 0 Å². The van der Waals surface area contributed by atoms with Gasteiger partial charge in [-0.05, 0) is 25.2 Å². The van der Waals surface area contributed by atoms with Crippen LogP contribution in [0.25, 0.3) is 0 Å². The summed E-state index contributed by atoms with van der Waals surface area (Å²) in [6, 6.07) is 0.528. The zero-order valence-corrected chi connectivity index (χ0v) is 8.14. The van der Waals surface area contributed by atoms with E-state index in [4.69, 9.17) is 11.5 Å². The SMILES string of the molecule is CCC(N)(N)NC1CCCC1C. The van der Waals surface area contributed by atoms with Crippen molar-refractivity contribution in [3.05, 3.63) is 0 Å². The largest absolute Gasteiger partial charge is 0.301 e. The highest BCUT2D eigenvalue weighted by Crippen LogP contribution is 2.25. The number of hydrogen-bond donors (Lipinski definition) is 3. The van der Waals surface area contributed by atoms with Crippen LogP contribution >= 0.6 is 0 Å². The van der Waals surface area contributed by atoms with E-state index in [-0.39, 0.29) is 0 Å². The molecule has 1 fully saturated rings. The second-order valence-corrected chi connectivity index (χ2v) is 4.05. The van der Waals surface area contributed by atoms with Gasteiger partial charge < -0.3 is 11.5 Å². The van der Waals surface area contributed by atoms with Gasteiger partial charge in [-0.25, -0.2) is 0 Å². The van der Waals surface area contributed by atoms with Gasteiger partial charge in [-0.15, -0.1) is 0 Å². The highest BCUT2D eigenvalue weighted by Gasteiger charge is 2.28. The second-order valence-electron chi connectivity index (χ2n) is 4.05. The van der Waals surface area contributed by atoms with Gasteiger partial charge in [0.05, 0.1) is 0 Å². The molecule has 0 heterocycles. The number of nitrogens with two attached hydrogens (primary N) is 2. The lowest BCUT2D eigenvalue weighted by molar-refractivity contribution is 0.264. The lowest BCUT2D eigenvalue weighted by atomic mass is 10.1. The van der Waals surface area contributed by atoms with Gasteiger partial charge in [0, 0.05) is 6.04 Å². The summed E-state index contributed by atoms with van der Waals surface area (Å²) in [5, 5.41) is 3.31. The smallest absolute Gasteiger partial charge is 0.118 e. The van der Waals surface area contributed by atoms with Gasteiger partial charge in [-0.3, -0.25) is 5.32 Å². The van der Waals surface area contributed by atoms with E-state index in [1.54, 1.807) is 0 Å². The molecular weight excluding hydrogens is 150 g/mol. The fraction of sp³-hybridized carbons (Fsp3) is 1.00. The minimum atomic E-state index is -0.663. The Morgan fingerprint density at radius 1 is 1.42 bits per heavy atom.